The molecule has 5 heteroatoms. The number of nitrogens with zero attached hydrogens (tertiary/aromatic N) is 1. The summed E-state index contributed by atoms with van der Waals surface area (Å²) >= 11 is 12.1. The van der Waals surface area contributed by atoms with Gasteiger partial charge >= 0.3 is 0 Å². The first-order valence-corrected chi connectivity index (χ1v) is 9.00. The van der Waals surface area contributed by atoms with Gasteiger partial charge in [-0.25, -0.2) is 0 Å². The van der Waals surface area contributed by atoms with E-state index in [4.69, 9.17) is 28.2 Å². The first-order valence-electron chi connectivity index (χ1n) is 8.25. The molecule has 0 fully saturated rings. The first kappa shape index (κ1) is 17.0. The maximum absolute atomic E-state index is 9.53. The second kappa shape index (κ2) is 7.02. The van der Waals surface area contributed by atoms with Crippen LogP contribution in [-0.4, -0.2) is 10.9 Å². The van der Waals surface area contributed by atoms with Crippen LogP contribution < -0.4 is 5.32 Å². The molecule has 1 heterocycles. The number of hydrogen-bond donors (Lipinski definition) is 2. The monoisotopic (exact) mass is 382 g/mol. The summed E-state index contributed by atoms with van der Waals surface area (Å²) in [6.45, 7) is 0. The van der Waals surface area contributed by atoms with Crippen LogP contribution in [0.2, 0.25) is 10.0 Å². The summed E-state index contributed by atoms with van der Waals surface area (Å²) in [4.78, 5) is 4.92. The highest BCUT2D eigenvalue weighted by Crippen LogP contribution is 2.37. The Bertz CT molecular complexity index is 935. The van der Waals surface area contributed by atoms with Gasteiger partial charge in [-0.1, -0.05) is 47.5 Å². The third kappa shape index (κ3) is 3.41. The highest BCUT2D eigenvalue weighted by atomic mass is 35.5. The summed E-state index contributed by atoms with van der Waals surface area (Å²) in [5.41, 5.74) is 3.11. The van der Waals surface area contributed by atoms with E-state index < -0.39 is 0 Å². The van der Waals surface area contributed by atoms with E-state index in [0.29, 0.717) is 10.0 Å². The largest absolute Gasteiger partial charge is 0.508 e. The van der Waals surface area contributed by atoms with E-state index in [1.165, 1.54) is 0 Å². The van der Waals surface area contributed by atoms with E-state index >= 15 is 0 Å². The molecule has 3 aromatic rings. The van der Waals surface area contributed by atoms with Crippen LogP contribution in [0.5, 0.6) is 5.75 Å². The molecule has 2 N–H and O–H groups in total. The van der Waals surface area contributed by atoms with Crippen molar-refractivity contribution in [2.24, 2.45) is 4.99 Å². The Hall–Kier alpha value is -2.49. The zero-order valence-electron chi connectivity index (χ0n) is 13.7. The molecule has 26 heavy (non-hydrogen) atoms. The first-order chi connectivity index (χ1) is 12.6. The Morgan fingerprint density at radius 3 is 1.85 bits per heavy atom. The van der Waals surface area contributed by atoms with Crippen LogP contribution in [0.25, 0.3) is 0 Å². The van der Waals surface area contributed by atoms with Crippen molar-refractivity contribution < 1.29 is 5.11 Å². The van der Waals surface area contributed by atoms with Crippen molar-refractivity contribution in [3.05, 3.63) is 99.5 Å². The minimum Gasteiger partial charge on any atom is -0.508 e. The SMILES string of the molecule is Oc1ccc(C2=N[C@H](c3ccc(Cl)cc3)[C@H](c3ccc(Cl)cc3)N2)cc1. The average Bonchev–Trinajstić information content (AvgIpc) is 3.09. The molecule has 3 nitrogen and oxygen atoms in total. The van der Waals surface area contributed by atoms with Crippen LogP contribution >= 0.6 is 23.2 Å². The summed E-state index contributed by atoms with van der Waals surface area (Å²) < 4.78 is 0. The molecule has 0 amide bonds. The van der Waals surface area contributed by atoms with Gasteiger partial charge < -0.3 is 10.4 Å². The lowest BCUT2D eigenvalue weighted by Crippen LogP contribution is -2.25. The van der Waals surface area contributed by atoms with Crippen molar-refractivity contribution in [3.63, 3.8) is 0 Å². The zero-order valence-corrected chi connectivity index (χ0v) is 15.2. The molecule has 0 saturated carbocycles. The van der Waals surface area contributed by atoms with Crippen LogP contribution in [-0.2, 0) is 0 Å². The van der Waals surface area contributed by atoms with Crippen LogP contribution in [0.3, 0.4) is 0 Å². The molecule has 2 atom stereocenters. The van der Waals surface area contributed by atoms with E-state index in [9.17, 15) is 5.11 Å². The lowest BCUT2D eigenvalue weighted by Gasteiger charge is -2.20. The molecule has 4 rings (SSSR count). The molecule has 1 aliphatic rings. The summed E-state index contributed by atoms with van der Waals surface area (Å²) in [5.74, 6) is 1.03. The summed E-state index contributed by atoms with van der Waals surface area (Å²) in [6.07, 6.45) is 0. The van der Waals surface area contributed by atoms with Crippen molar-refractivity contribution in [1.82, 2.24) is 5.32 Å². The molecule has 0 aromatic heterocycles. The highest BCUT2D eigenvalue weighted by molar-refractivity contribution is 6.30. The molecule has 0 radical (unpaired) electrons. The maximum Gasteiger partial charge on any atom is 0.129 e. The van der Waals surface area contributed by atoms with Gasteiger partial charge in [0, 0.05) is 15.6 Å². The van der Waals surface area contributed by atoms with Gasteiger partial charge in [0.2, 0.25) is 0 Å². The normalized spacial score (nSPS) is 19.1. The summed E-state index contributed by atoms with van der Waals surface area (Å²) in [7, 11) is 0. The van der Waals surface area contributed by atoms with Crippen molar-refractivity contribution in [1.29, 1.82) is 0 Å². The summed E-state index contributed by atoms with van der Waals surface area (Å²) in [5, 5.41) is 14.4. The van der Waals surface area contributed by atoms with Gasteiger partial charge in [-0.15, -0.1) is 0 Å². The number of phenols is 1. The van der Waals surface area contributed by atoms with Gasteiger partial charge in [0.05, 0.1) is 6.04 Å². The standard InChI is InChI=1S/C21H16Cl2N2O/c22-16-7-1-13(2-8-16)19-20(14-3-9-17(23)10-4-14)25-21(24-19)15-5-11-18(26)12-6-15/h1-12,19-20,26H,(H,24,25)/t19-,20+. The minimum atomic E-state index is -0.0859. The number of amidine groups is 1. The lowest BCUT2D eigenvalue weighted by atomic mass is 9.95. The van der Waals surface area contributed by atoms with Crippen molar-refractivity contribution in [3.8, 4) is 5.75 Å². The van der Waals surface area contributed by atoms with E-state index in [2.05, 4.69) is 5.32 Å². The number of nitrogens with one attached hydrogen (secondary N) is 1. The van der Waals surface area contributed by atoms with Crippen LogP contribution in [0.15, 0.2) is 77.8 Å². The Balaban J connectivity index is 1.74. The highest BCUT2D eigenvalue weighted by Gasteiger charge is 2.31. The smallest absolute Gasteiger partial charge is 0.129 e. The van der Waals surface area contributed by atoms with Gasteiger partial charge in [-0.3, -0.25) is 4.99 Å². The van der Waals surface area contributed by atoms with Crippen molar-refractivity contribution in [2.45, 2.75) is 12.1 Å². The Morgan fingerprint density at radius 1 is 0.731 bits per heavy atom. The van der Waals surface area contributed by atoms with Crippen molar-refractivity contribution >= 4 is 29.0 Å². The van der Waals surface area contributed by atoms with E-state index in [0.717, 1.165) is 22.5 Å². The van der Waals surface area contributed by atoms with E-state index in [1.54, 1.807) is 12.1 Å². The minimum absolute atomic E-state index is 0.0164. The number of phenolic OH excluding ortho intramolecular Hbond substituents is 1. The number of rotatable bonds is 3. The molecule has 0 unspecified atom stereocenters. The third-order valence-electron chi connectivity index (χ3n) is 4.46. The zero-order chi connectivity index (χ0) is 18.1. The van der Waals surface area contributed by atoms with Gasteiger partial charge in [0.25, 0.3) is 0 Å². The topological polar surface area (TPSA) is 44.6 Å². The third-order valence-corrected chi connectivity index (χ3v) is 4.96. The van der Waals surface area contributed by atoms with Gasteiger partial charge in [0.1, 0.15) is 17.6 Å². The molecular formula is C21H16Cl2N2O. The summed E-state index contributed by atoms with van der Waals surface area (Å²) in [6, 6.07) is 22.5. The number of halogens is 2. The Kier molecular flexibility index (Phi) is 4.58. The van der Waals surface area contributed by atoms with Gasteiger partial charge in [-0.2, -0.15) is 0 Å². The number of hydrogen-bond acceptors (Lipinski definition) is 3. The molecule has 0 aliphatic carbocycles. The van der Waals surface area contributed by atoms with E-state index in [1.807, 2.05) is 60.7 Å². The quantitative estimate of drug-likeness (QED) is 0.625. The molecule has 0 spiro atoms. The molecule has 130 valence electrons. The van der Waals surface area contributed by atoms with Gasteiger partial charge in [0.15, 0.2) is 0 Å². The second-order valence-electron chi connectivity index (χ2n) is 6.19. The van der Waals surface area contributed by atoms with Crippen LogP contribution in [0.4, 0.5) is 0 Å². The molecule has 3 aromatic carbocycles. The fourth-order valence-electron chi connectivity index (χ4n) is 3.12. The Morgan fingerprint density at radius 2 is 1.27 bits per heavy atom. The molecule has 0 bridgehead atoms. The molecule has 1 aliphatic heterocycles. The number of aromatic hydroxyl groups is 1. The number of aliphatic imine (C=N–C) groups is 1. The Labute approximate surface area is 161 Å². The van der Waals surface area contributed by atoms with Gasteiger partial charge in [-0.05, 0) is 59.7 Å². The fourth-order valence-corrected chi connectivity index (χ4v) is 3.37. The molecular weight excluding hydrogens is 367 g/mol. The predicted molar refractivity (Wildman–Crippen MR) is 106 cm³/mol. The fraction of sp³-hybridized carbons (Fsp3) is 0.0952. The predicted octanol–water partition coefficient (Wildman–Crippen LogP) is 5.53. The second-order valence-corrected chi connectivity index (χ2v) is 7.07. The average molecular weight is 383 g/mol. The lowest BCUT2D eigenvalue weighted by molar-refractivity contribution is 0.475. The number of benzene rings is 3. The van der Waals surface area contributed by atoms with E-state index in [-0.39, 0.29) is 17.8 Å². The van der Waals surface area contributed by atoms with Crippen LogP contribution in [0.1, 0.15) is 28.8 Å². The van der Waals surface area contributed by atoms with Crippen LogP contribution in [0, 0.1) is 0 Å². The van der Waals surface area contributed by atoms with Crippen molar-refractivity contribution in [2.75, 3.05) is 0 Å². The molecule has 0 saturated heterocycles. The maximum atomic E-state index is 9.53.